The normalized spacial score (nSPS) is 12.2. The summed E-state index contributed by atoms with van der Waals surface area (Å²) in [5, 5.41) is 3.65. The third-order valence-electron chi connectivity index (χ3n) is 3.87. The Morgan fingerprint density at radius 3 is 2.40 bits per heavy atom. The van der Waals surface area contributed by atoms with Crippen molar-refractivity contribution in [2.45, 2.75) is 65.3 Å². The fourth-order valence-corrected chi connectivity index (χ4v) is 2.48. The molecule has 0 saturated carbocycles. The van der Waals surface area contributed by atoms with Crippen LogP contribution in [0.3, 0.4) is 0 Å². The highest BCUT2D eigenvalue weighted by molar-refractivity contribution is 5.60. The van der Waals surface area contributed by atoms with Gasteiger partial charge in [-0.05, 0) is 44.0 Å². The lowest BCUT2D eigenvalue weighted by atomic mass is 10.1. The van der Waals surface area contributed by atoms with Crippen LogP contribution in [0.15, 0.2) is 18.2 Å². The van der Waals surface area contributed by atoms with E-state index in [4.69, 9.17) is 0 Å². The van der Waals surface area contributed by atoms with Crippen molar-refractivity contribution in [3.05, 3.63) is 23.8 Å². The lowest BCUT2D eigenvalue weighted by Crippen LogP contribution is -2.16. The highest BCUT2D eigenvalue weighted by atomic mass is 15.1. The quantitative estimate of drug-likeness (QED) is 0.622. The molecule has 1 N–H and O–H groups in total. The first-order valence-corrected chi connectivity index (χ1v) is 8.09. The Bertz CT molecular complexity index is 385. The first-order chi connectivity index (χ1) is 9.54. The first kappa shape index (κ1) is 16.9. The van der Waals surface area contributed by atoms with Gasteiger partial charge in [-0.3, -0.25) is 0 Å². The van der Waals surface area contributed by atoms with Crippen molar-refractivity contribution in [2.75, 3.05) is 24.3 Å². The number of anilines is 2. The molecule has 0 heterocycles. The zero-order chi connectivity index (χ0) is 15.0. The van der Waals surface area contributed by atoms with E-state index in [0.717, 1.165) is 0 Å². The van der Waals surface area contributed by atoms with Crippen LogP contribution in [0.1, 0.15) is 57.9 Å². The van der Waals surface area contributed by atoms with Crippen molar-refractivity contribution < 1.29 is 0 Å². The van der Waals surface area contributed by atoms with Crippen molar-refractivity contribution in [3.8, 4) is 0 Å². The van der Waals surface area contributed by atoms with Gasteiger partial charge < -0.3 is 10.2 Å². The molecule has 0 bridgehead atoms. The molecule has 1 rings (SSSR count). The zero-order valence-corrected chi connectivity index (χ0v) is 14.0. The summed E-state index contributed by atoms with van der Waals surface area (Å²) in [6.45, 7) is 6.74. The molecule has 2 heteroatoms. The van der Waals surface area contributed by atoms with Gasteiger partial charge in [-0.1, -0.05) is 39.0 Å². The lowest BCUT2D eigenvalue weighted by molar-refractivity contribution is 0.578. The molecule has 0 aliphatic rings. The smallest absolute Gasteiger partial charge is 0.0373 e. The summed E-state index contributed by atoms with van der Waals surface area (Å²) < 4.78 is 0. The highest BCUT2D eigenvalue weighted by Crippen LogP contribution is 2.22. The van der Waals surface area contributed by atoms with Crippen LogP contribution in [-0.4, -0.2) is 20.1 Å². The van der Waals surface area contributed by atoms with Gasteiger partial charge in [0.05, 0.1) is 0 Å². The molecule has 2 nitrogen and oxygen atoms in total. The highest BCUT2D eigenvalue weighted by Gasteiger charge is 2.05. The zero-order valence-electron chi connectivity index (χ0n) is 14.0. The molecule has 1 aromatic carbocycles. The average Bonchev–Trinajstić information content (AvgIpc) is 2.40. The molecular weight excluding hydrogens is 244 g/mol. The number of hydrogen-bond donors (Lipinski definition) is 1. The SMILES string of the molecule is CCCCCCCC(C)Nc1ccc(N(C)C)cc1C. The minimum absolute atomic E-state index is 0.556. The minimum Gasteiger partial charge on any atom is -0.382 e. The summed E-state index contributed by atoms with van der Waals surface area (Å²) in [4.78, 5) is 2.15. The van der Waals surface area contributed by atoms with E-state index in [0.29, 0.717) is 6.04 Å². The van der Waals surface area contributed by atoms with Crippen molar-refractivity contribution in [1.29, 1.82) is 0 Å². The molecule has 0 saturated heterocycles. The summed E-state index contributed by atoms with van der Waals surface area (Å²) in [5.74, 6) is 0. The van der Waals surface area contributed by atoms with E-state index in [2.05, 4.69) is 63.3 Å². The average molecular weight is 276 g/mol. The molecule has 0 spiro atoms. The Morgan fingerprint density at radius 1 is 1.10 bits per heavy atom. The molecule has 0 aliphatic carbocycles. The second kappa shape index (κ2) is 8.89. The molecular formula is C18H32N2. The van der Waals surface area contributed by atoms with Crippen LogP contribution in [-0.2, 0) is 0 Å². The Labute approximate surface area is 125 Å². The fourth-order valence-electron chi connectivity index (χ4n) is 2.48. The van der Waals surface area contributed by atoms with E-state index in [1.807, 2.05) is 0 Å². The van der Waals surface area contributed by atoms with E-state index in [1.54, 1.807) is 0 Å². The van der Waals surface area contributed by atoms with Crippen LogP contribution >= 0.6 is 0 Å². The summed E-state index contributed by atoms with van der Waals surface area (Å²) >= 11 is 0. The number of aryl methyl sites for hydroxylation is 1. The van der Waals surface area contributed by atoms with Crippen molar-refractivity contribution >= 4 is 11.4 Å². The van der Waals surface area contributed by atoms with Gasteiger partial charge in [-0.15, -0.1) is 0 Å². The number of hydrogen-bond acceptors (Lipinski definition) is 2. The standard InChI is InChI=1S/C18H32N2/c1-6-7-8-9-10-11-16(3)19-18-13-12-17(20(4)5)14-15(18)2/h12-14,16,19H,6-11H2,1-5H3. The molecule has 0 fully saturated rings. The van der Waals surface area contributed by atoms with Crippen molar-refractivity contribution in [2.24, 2.45) is 0 Å². The molecule has 0 amide bonds. The van der Waals surface area contributed by atoms with Gasteiger partial charge in [0.2, 0.25) is 0 Å². The largest absolute Gasteiger partial charge is 0.382 e. The third kappa shape index (κ3) is 5.85. The van der Waals surface area contributed by atoms with Gasteiger partial charge in [-0.2, -0.15) is 0 Å². The van der Waals surface area contributed by atoms with E-state index in [-0.39, 0.29) is 0 Å². The number of nitrogens with zero attached hydrogens (tertiary/aromatic N) is 1. The molecule has 0 aromatic heterocycles. The van der Waals surface area contributed by atoms with E-state index < -0.39 is 0 Å². The predicted molar refractivity (Wildman–Crippen MR) is 92.0 cm³/mol. The Hall–Kier alpha value is -1.18. The Morgan fingerprint density at radius 2 is 1.80 bits per heavy atom. The summed E-state index contributed by atoms with van der Waals surface area (Å²) in [7, 11) is 4.17. The molecule has 1 aromatic rings. The van der Waals surface area contributed by atoms with Gasteiger partial charge in [0.15, 0.2) is 0 Å². The van der Waals surface area contributed by atoms with Gasteiger partial charge in [0, 0.05) is 31.5 Å². The maximum atomic E-state index is 3.65. The van der Waals surface area contributed by atoms with Crippen LogP contribution in [0, 0.1) is 6.92 Å². The monoisotopic (exact) mass is 276 g/mol. The third-order valence-corrected chi connectivity index (χ3v) is 3.87. The molecule has 114 valence electrons. The molecule has 0 aliphatic heterocycles. The maximum absolute atomic E-state index is 3.65. The summed E-state index contributed by atoms with van der Waals surface area (Å²) in [6.07, 6.45) is 8.07. The summed E-state index contributed by atoms with van der Waals surface area (Å²) in [6, 6.07) is 7.19. The predicted octanol–water partition coefficient (Wildman–Crippen LogP) is 5.22. The van der Waals surface area contributed by atoms with Gasteiger partial charge in [-0.25, -0.2) is 0 Å². The number of unbranched alkanes of at least 4 members (excludes halogenated alkanes) is 4. The lowest BCUT2D eigenvalue weighted by Gasteiger charge is -2.19. The summed E-state index contributed by atoms with van der Waals surface area (Å²) in [5.41, 5.74) is 3.87. The minimum atomic E-state index is 0.556. The molecule has 1 unspecified atom stereocenters. The number of benzene rings is 1. The maximum Gasteiger partial charge on any atom is 0.0373 e. The van der Waals surface area contributed by atoms with Crippen LogP contribution in [0.4, 0.5) is 11.4 Å². The van der Waals surface area contributed by atoms with Crippen molar-refractivity contribution in [3.63, 3.8) is 0 Å². The fraction of sp³-hybridized carbons (Fsp3) is 0.667. The van der Waals surface area contributed by atoms with Gasteiger partial charge >= 0.3 is 0 Å². The second-order valence-corrected chi connectivity index (χ2v) is 6.14. The van der Waals surface area contributed by atoms with Crippen LogP contribution < -0.4 is 10.2 Å². The van der Waals surface area contributed by atoms with Gasteiger partial charge in [0.1, 0.15) is 0 Å². The first-order valence-electron chi connectivity index (χ1n) is 8.09. The topological polar surface area (TPSA) is 15.3 Å². The molecule has 20 heavy (non-hydrogen) atoms. The Kier molecular flexibility index (Phi) is 7.50. The van der Waals surface area contributed by atoms with E-state index in [1.165, 1.54) is 55.5 Å². The Balaban J connectivity index is 2.39. The number of rotatable bonds is 9. The molecule has 1 atom stereocenters. The van der Waals surface area contributed by atoms with Crippen LogP contribution in [0.2, 0.25) is 0 Å². The van der Waals surface area contributed by atoms with Crippen molar-refractivity contribution in [1.82, 2.24) is 0 Å². The second-order valence-electron chi connectivity index (χ2n) is 6.14. The van der Waals surface area contributed by atoms with Gasteiger partial charge in [0.25, 0.3) is 0 Å². The molecule has 0 radical (unpaired) electrons. The van der Waals surface area contributed by atoms with Crippen LogP contribution in [0.5, 0.6) is 0 Å². The number of nitrogens with one attached hydrogen (secondary N) is 1. The van der Waals surface area contributed by atoms with E-state index in [9.17, 15) is 0 Å². The van der Waals surface area contributed by atoms with E-state index >= 15 is 0 Å². The van der Waals surface area contributed by atoms with Crippen LogP contribution in [0.25, 0.3) is 0 Å².